The summed E-state index contributed by atoms with van der Waals surface area (Å²) >= 11 is 0. The molecular weight excluding hydrogens is 188 g/mol. The first kappa shape index (κ1) is 10.7. The van der Waals surface area contributed by atoms with Crippen molar-refractivity contribution in [1.82, 2.24) is 10.3 Å². The van der Waals surface area contributed by atoms with Gasteiger partial charge in [-0.15, -0.1) is 0 Å². The number of nitrogens with zero attached hydrogens (tertiary/aromatic N) is 1. The highest BCUT2D eigenvalue weighted by Crippen LogP contribution is 2.40. The predicted molar refractivity (Wildman–Crippen MR) is 60.2 cm³/mol. The normalized spacial score (nSPS) is 16.3. The van der Waals surface area contributed by atoms with Crippen LogP contribution in [-0.4, -0.2) is 18.6 Å². The first-order valence-electron chi connectivity index (χ1n) is 5.86. The average molecular weight is 208 g/mol. The highest BCUT2D eigenvalue weighted by atomic mass is 16.4. The maximum absolute atomic E-state index is 5.85. The van der Waals surface area contributed by atoms with Crippen LogP contribution in [0, 0.1) is 0 Å². The lowest BCUT2D eigenvalue weighted by Crippen LogP contribution is -2.11. The maximum Gasteiger partial charge on any atom is 0.197 e. The van der Waals surface area contributed by atoms with Crippen LogP contribution in [0.5, 0.6) is 0 Å². The fourth-order valence-corrected chi connectivity index (χ4v) is 1.76. The van der Waals surface area contributed by atoms with Crippen LogP contribution in [0.4, 0.5) is 0 Å². The maximum atomic E-state index is 5.85. The molecule has 0 spiro atoms. The zero-order valence-corrected chi connectivity index (χ0v) is 9.84. The molecule has 0 bridgehead atoms. The number of hydrogen-bond acceptors (Lipinski definition) is 3. The highest BCUT2D eigenvalue weighted by molar-refractivity contribution is 5.17. The van der Waals surface area contributed by atoms with Gasteiger partial charge in [0, 0.05) is 18.9 Å². The molecule has 1 aromatic rings. The highest BCUT2D eigenvalue weighted by Gasteiger charge is 2.30. The summed E-state index contributed by atoms with van der Waals surface area (Å²) in [5.74, 6) is 3.14. The molecule has 1 saturated carbocycles. The molecule has 3 nitrogen and oxygen atoms in total. The number of likely N-dealkylation sites (N-methyl/N-ethyl adjacent to an activating group) is 1. The second kappa shape index (κ2) is 4.35. The van der Waals surface area contributed by atoms with Gasteiger partial charge in [-0.05, 0) is 25.8 Å². The lowest BCUT2D eigenvalue weighted by molar-refractivity contribution is 0.451. The van der Waals surface area contributed by atoms with Gasteiger partial charge in [0.15, 0.2) is 5.89 Å². The molecule has 15 heavy (non-hydrogen) atoms. The molecule has 0 amide bonds. The predicted octanol–water partition coefficient (Wildman–Crippen LogP) is 2.44. The van der Waals surface area contributed by atoms with Crippen LogP contribution >= 0.6 is 0 Å². The second-order valence-corrected chi connectivity index (χ2v) is 4.64. The van der Waals surface area contributed by atoms with E-state index in [9.17, 15) is 0 Å². The lowest BCUT2D eigenvalue weighted by atomic mass is 10.1. The Kier molecular flexibility index (Phi) is 3.10. The van der Waals surface area contributed by atoms with Gasteiger partial charge in [-0.1, -0.05) is 13.8 Å². The van der Waals surface area contributed by atoms with Gasteiger partial charge in [-0.25, -0.2) is 4.98 Å². The summed E-state index contributed by atoms with van der Waals surface area (Å²) in [5, 5.41) is 3.15. The van der Waals surface area contributed by atoms with E-state index in [1.807, 2.05) is 7.05 Å². The largest absolute Gasteiger partial charge is 0.445 e. The third-order valence-electron chi connectivity index (χ3n) is 2.82. The Morgan fingerprint density at radius 2 is 2.20 bits per heavy atom. The van der Waals surface area contributed by atoms with Crippen molar-refractivity contribution in [1.29, 1.82) is 0 Å². The summed E-state index contributed by atoms with van der Waals surface area (Å²) in [6.45, 7) is 5.31. The van der Waals surface area contributed by atoms with Gasteiger partial charge in [0.05, 0.1) is 5.69 Å². The van der Waals surface area contributed by atoms with Crippen molar-refractivity contribution in [2.45, 2.75) is 44.9 Å². The van der Waals surface area contributed by atoms with Crippen molar-refractivity contribution in [2.75, 3.05) is 13.6 Å². The van der Waals surface area contributed by atoms with E-state index < -0.39 is 0 Å². The molecule has 1 fully saturated rings. The van der Waals surface area contributed by atoms with Crippen molar-refractivity contribution in [3.63, 3.8) is 0 Å². The van der Waals surface area contributed by atoms with E-state index in [1.165, 1.54) is 12.8 Å². The van der Waals surface area contributed by atoms with E-state index in [0.29, 0.717) is 11.8 Å². The first-order chi connectivity index (χ1) is 7.22. The third-order valence-corrected chi connectivity index (χ3v) is 2.82. The zero-order chi connectivity index (χ0) is 10.8. The van der Waals surface area contributed by atoms with Gasteiger partial charge in [0.2, 0.25) is 0 Å². The van der Waals surface area contributed by atoms with E-state index in [2.05, 4.69) is 24.1 Å². The SMILES string of the molecule is CNCCc1oc(C2CC2)nc1C(C)C. The van der Waals surface area contributed by atoms with Crippen LogP contribution in [0.3, 0.4) is 0 Å². The standard InChI is InChI=1S/C12H20N2O/c1-8(2)11-10(6-7-13-3)15-12(14-11)9-4-5-9/h8-9,13H,4-7H2,1-3H3. The monoisotopic (exact) mass is 208 g/mol. The van der Waals surface area contributed by atoms with Crippen molar-refractivity contribution >= 4 is 0 Å². The Balaban J connectivity index is 2.16. The Morgan fingerprint density at radius 1 is 1.47 bits per heavy atom. The Morgan fingerprint density at radius 3 is 2.73 bits per heavy atom. The molecule has 1 heterocycles. The molecule has 0 aliphatic heterocycles. The van der Waals surface area contributed by atoms with E-state index in [1.54, 1.807) is 0 Å². The van der Waals surface area contributed by atoms with Crippen molar-refractivity contribution in [3.8, 4) is 0 Å². The van der Waals surface area contributed by atoms with E-state index in [0.717, 1.165) is 30.3 Å². The Bertz CT molecular complexity index is 326. The first-order valence-corrected chi connectivity index (χ1v) is 5.86. The zero-order valence-electron chi connectivity index (χ0n) is 9.84. The lowest BCUT2D eigenvalue weighted by Gasteiger charge is -2.02. The van der Waals surface area contributed by atoms with Crippen molar-refractivity contribution in [2.24, 2.45) is 0 Å². The van der Waals surface area contributed by atoms with E-state index in [4.69, 9.17) is 4.42 Å². The molecule has 2 rings (SSSR count). The minimum atomic E-state index is 0.466. The summed E-state index contributed by atoms with van der Waals surface area (Å²) in [5.41, 5.74) is 1.16. The molecule has 1 N–H and O–H groups in total. The number of nitrogens with one attached hydrogen (secondary N) is 1. The number of hydrogen-bond donors (Lipinski definition) is 1. The molecule has 3 heteroatoms. The van der Waals surface area contributed by atoms with Gasteiger partial charge in [0.25, 0.3) is 0 Å². The molecule has 1 aliphatic carbocycles. The molecular formula is C12H20N2O. The minimum absolute atomic E-state index is 0.466. The van der Waals surface area contributed by atoms with Crippen LogP contribution in [0.2, 0.25) is 0 Å². The van der Waals surface area contributed by atoms with Gasteiger partial charge >= 0.3 is 0 Å². The van der Waals surface area contributed by atoms with Crippen molar-refractivity contribution in [3.05, 3.63) is 17.3 Å². The molecule has 0 unspecified atom stereocenters. The third kappa shape index (κ3) is 2.40. The fourth-order valence-electron chi connectivity index (χ4n) is 1.76. The summed E-state index contributed by atoms with van der Waals surface area (Å²) in [7, 11) is 1.97. The molecule has 0 aromatic carbocycles. The van der Waals surface area contributed by atoms with Crippen LogP contribution in [0.1, 0.15) is 55.9 Å². The van der Waals surface area contributed by atoms with Crippen LogP contribution in [-0.2, 0) is 6.42 Å². The summed E-state index contributed by atoms with van der Waals surface area (Å²) in [6, 6.07) is 0. The Hall–Kier alpha value is -0.830. The Labute approximate surface area is 91.3 Å². The van der Waals surface area contributed by atoms with Crippen LogP contribution < -0.4 is 5.32 Å². The molecule has 1 aliphatic rings. The smallest absolute Gasteiger partial charge is 0.197 e. The molecule has 0 atom stereocenters. The number of rotatable bonds is 5. The second-order valence-electron chi connectivity index (χ2n) is 4.64. The molecule has 0 radical (unpaired) electrons. The van der Waals surface area contributed by atoms with E-state index in [-0.39, 0.29) is 0 Å². The topological polar surface area (TPSA) is 38.1 Å². The van der Waals surface area contributed by atoms with Gasteiger partial charge < -0.3 is 9.73 Å². The average Bonchev–Trinajstić information content (AvgIpc) is 2.96. The van der Waals surface area contributed by atoms with Gasteiger partial charge in [0.1, 0.15) is 5.76 Å². The number of oxazole rings is 1. The van der Waals surface area contributed by atoms with E-state index >= 15 is 0 Å². The summed E-state index contributed by atoms with van der Waals surface area (Å²) < 4.78 is 5.85. The molecule has 0 saturated heterocycles. The number of aromatic nitrogens is 1. The van der Waals surface area contributed by atoms with Gasteiger partial charge in [-0.2, -0.15) is 0 Å². The minimum Gasteiger partial charge on any atom is -0.445 e. The van der Waals surface area contributed by atoms with Crippen LogP contribution in [0.25, 0.3) is 0 Å². The molecule has 1 aromatic heterocycles. The summed E-state index contributed by atoms with van der Waals surface area (Å²) in [6.07, 6.45) is 3.46. The summed E-state index contributed by atoms with van der Waals surface area (Å²) in [4.78, 5) is 4.63. The molecule has 84 valence electrons. The van der Waals surface area contributed by atoms with Gasteiger partial charge in [-0.3, -0.25) is 0 Å². The fraction of sp³-hybridized carbons (Fsp3) is 0.750. The van der Waals surface area contributed by atoms with Crippen molar-refractivity contribution < 1.29 is 4.42 Å². The quantitative estimate of drug-likeness (QED) is 0.807. The van der Waals surface area contributed by atoms with Crippen LogP contribution in [0.15, 0.2) is 4.42 Å².